The lowest BCUT2D eigenvalue weighted by Gasteiger charge is -2.20. The summed E-state index contributed by atoms with van der Waals surface area (Å²) >= 11 is 1.34. The Bertz CT molecular complexity index is 717. The Balaban J connectivity index is 1.84. The van der Waals surface area contributed by atoms with Gasteiger partial charge < -0.3 is 10.6 Å². The summed E-state index contributed by atoms with van der Waals surface area (Å²) in [7, 11) is 0. The van der Waals surface area contributed by atoms with Crippen molar-refractivity contribution >= 4 is 17.7 Å². The monoisotopic (exact) mass is 376 g/mol. The second kappa shape index (κ2) is 9.14. The standard InChI is InChI=1S/C18H28N6OS/c1-13-8-6-9-14(2)16(13)24-17(21-22-23-24)26-12-15(25)19-10-7-11-20-18(3,4)5/h6,8-9,20H,7,10-12H2,1-5H3,(H,19,25). The van der Waals surface area contributed by atoms with Crippen LogP contribution in [0.15, 0.2) is 23.4 Å². The fourth-order valence-electron chi connectivity index (χ4n) is 2.51. The zero-order valence-electron chi connectivity index (χ0n) is 16.2. The van der Waals surface area contributed by atoms with Gasteiger partial charge in [-0.2, -0.15) is 4.68 Å². The predicted molar refractivity (Wildman–Crippen MR) is 105 cm³/mol. The van der Waals surface area contributed by atoms with Gasteiger partial charge in [0.25, 0.3) is 0 Å². The lowest BCUT2D eigenvalue weighted by atomic mass is 10.1. The number of benzene rings is 1. The largest absolute Gasteiger partial charge is 0.355 e. The highest BCUT2D eigenvalue weighted by atomic mass is 32.2. The van der Waals surface area contributed by atoms with Crippen molar-refractivity contribution in [1.29, 1.82) is 0 Å². The second-order valence-electron chi connectivity index (χ2n) is 7.28. The Hall–Kier alpha value is -1.93. The van der Waals surface area contributed by atoms with Gasteiger partial charge in [0, 0.05) is 12.1 Å². The molecule has 2 N–H and O–H groups in total. The zero-order valence-corrected chi connectivity index (χ0v) is 17.0. The summed E-state index contributed by atoms with van der Waals surface area (Å²) in [4.78, 5) is 12.0. The van der Waals surface area contributed by atoms with Crippen LogP contribution in [0.1, 0.15) is 38.3 Å². The fourth-order valence-corrected chi connectivity index (χ4v) is 3.22. The molecule has 0 aliphatic heterocycles. The van der Waals surface area contributed by atoms with E-state index in [-0.39, 0.29) is 17.2 Å². The Morgan fingerprint density at radius 1 is 1.19 bits per heavy atom. The molecule has 0 atom stereocenters. The van der Waals surface area contributed by atoms with Gasteiger partial charge in [0.1, 0.15) is 0 Å². The van der Waals surface area contributed by atoms with E-state index in [1.165, 1.54) is 11.8 Å². The number of hydrogen-bond acceptors (Lipinski definition) is 6. The van der Waals surface area contributed by atoms with Gasteiger partial charge in [0.2, 0.25) is 11.1 Å². The van der Waals surface area contributed by atoms with Gasteiger partial charge in [0.15, 0.2) is 0 Å². The van der Waals surface area contributed by atoms with Crippen LogP contribution in [-0.4, -0.2) is 50.5 Å². The molecule has 8 heteroatoms. The Morgan fingerprint density at radius 2 is 1.88 bits per heavy atom. The molecule has 1 aromatic heterocycles. The molecular weight excluding hydrogens is 348 g/mol. The lowest BCUT2D eigenvalue weighted by molar-refractivity contribution is -0.118. The Morgan fingerprint density at radius 3 is 2.54 bits per heavy atom. The van der Waals surface area contributed by atoms with Crippen molar-refractivity contribution in [2.24, 2.45) is 0 Å². The van der Waals surface area contributed by atoms with Crippen LogP contribution in [0.25, 0.3) is 5.69 Å². The van der Waals surface area contributed by atoms with Crippen molar-refractivity contribution in [2.45, 2.75) is 51.7 Å². The smallest absolute Gasteiger partial charge is 0.230 e. The maximum Gasteiger partial charge on any atom is 0.230 e. The molecule has 0 aliphatic rings. The van der Waals surface area contributed by atoms with E-state index in [0.29, 0.717) is 11.7 Å². The van der Waals surface area contributed by atoms with Crippen LogP contribution in [0.4, 0.5) is 0 Å². The number of amides is 1. The molecule has 2 rings (SSSR count). The Labute approximate surface area is 159 Å². The molecule has 1 aromatic carbocycles. The average molecular weight is 377 g/mol. The maximum absolute atomic E-state index is 12.0. The van der Waals surface area contributed by atoms with Crippen molar-refractivity contribution in [3.8, 4) is 5.69 Å². The molecule has 0 radical (unpaired) electrons. The van der Waals surface area contributed by atoms with Crippen molar-refractivity contribution in [3.05, 3.63) is 29.3 Å². The summed E-state index contributed by atoms with van der Waals surface area (Å²) in [5, 5.41) is 18.9. The second-order valence-corrected chi connectivity index (χ2v) is 8.23. The molecule has 0 bridgehead atoms. The summed E-state index contributed by atoms with van der Waals surface area (Å²) in [5.74, 6) is 0.277. The first-order valence-corrected chi connectivity index (χ1v) is 9.76. The highest BCUT2D eigenvalue weighted by molar-refractivity contribution is 7.99. The molecule has 1 heterocycles. The van der Waals surface area contributed by atoms with Gasteiger partial charge >= 0.3 is 0 Å². The van der Waals surface area contributed by atoms with E-state index in [2.05, 4.69) is 46.9 Å². The molecule has 1 amide bonds. The van der Waals surface area contributed by atoms with E-state index in [4.69, 9.17) is 0 Å². The minimum Gasteiger partial charge on any atom is -0.355 e. The third-order valence-corrected chi connectivity index (χ3v) is 4.67. The number of nitrogens with zero attached hydrogens (tertiary/aromatic N) is 4. The predicted octanol–water partition coefficient (Wildman–Crippen LogP) is 2.27. The molecule has 0 saturated carbocycles. The first-order valence-electron chi connectivity index (χ1n) is 8.77. The Kier molecular flexibility index (Phi) is 7.16. The lowest BCUT2D eigenvalue weighted by Crippen LogP contribution is -2.38. The van der Waals surface area contributed by atoms with Crippen LogP contribution in [-0.2, 0) is 4.79 Å². The van der Waals surface area contributed by atoms with Crippen molar-refractivity contribution in [3.63, 3.8) is 0 Å². The molecule has 0 spiro atoms. The third kappa shape index (κ3) is 6.10. The molecule has 142 valence electrons. The summed E-state index contributed by atoms with van der Waals surface area (Å²) in [6.07, 6.45) is 0.897. The number of carbonyl (C=O) groups is 1. The van der Waals surface area contributed by atoms with Crippen LogP contribution >= 0.6 is 11.8 Å². The number of rotatable bonds is 8. The third-order valence-electron chi connectivity index (χ3n) is 3.76. The first-order chi connectivity index (χ1) is 12.3. The topological polar surface area (TPSA) is 84.7 Å². The van der Waals surface area contributed by atoms with Crippen LogP contribution in [0.5, 0.6) is 0 Å². The molecular formula is C18H28N6OS. The van der Waals surface area contributed by atoms with E-state index < -0.39 is 0 Å². The van der Waals surface area contributed by atoms with Crippen LogP contribution < -0.4 is 10.6 Å². The van der Waals surface area contributed by atoms with Crippen molar-refractivity contribution in [1.82, 2.24) is 30.8 Å². The SMILES string of the molecule is Cc1cccc(C)c1-n1nnnc1SCC(=O)NCCCNC(C)(C)C. The van der Waals surface area contributed by atoms with Crippen LogP contribution in [0.2, 0.25) is 0 Å². The molecule has 0 saturated heterocycles. The number of aryl methyl sites for hydroxylation is 2. The van der Waals surface area contributed by atoms with Crippen LogP contribution in [0, 0.1) is 13.8 Å². The van der Waals surface area contributed by atoms with Gasteiger partial charge in [-0.25, -0.2) is 0 Å². The molecule has 26 heavy (non-hydrogen) atoms. The van der Waals surface area contributed by atoms with Crippen molar-refractivity contribution < 1.29 is 4.79 Å². The number of carbonyl (C=O) groups excluding carboxylic acids is 1. The molecule has 0 unspecified atom stereocenters. The summed E-state index contributed by atoms with van der Waals surface area (Å²) in [6, 6.07) is 6.06. The van der Waals surface area contributed by atoms with E-state index in [0.717, 1.165) is 29.8 Å². The van der Waals surface area contributed by atoms with E-state index in [1.54, 1.807) is 4.68 Å². The highest BCUT2D eigenvalue weighted by Crippen LogP contribution is 2.23. The normalized spacial score (nSPS) is 11.6. The van der Waals surface area contributed by atoms with E-state index >= 15 is 0 Å². The number of nitrogens with one attached hydrogen (secondary N) is 2. The van der Waals surface area contributed by atoms with Gasteiger partial charge in [0.05, 0.1) is 11.4 Å². The molecule has 2 aromatic rings. The van der Waals surface area contributed by atoms with Crippen molar-refractivity contribution in [2.75, 3.05) is 18.8 Å². The number of thioether (sulfide) groups is 1. The molecule has 0 aliphatic carbocycles. The zero-order chi connectivity index (χ0) is 19.2. The van der Waals surface area contributed by atoms with Gasteiger partial charge in [-0.1, -0.05) is 30.0 Å². The average Bonchev–Trinajstić information content (AvgIpc) is 2.99. The van der Waals surface area contributed by atoms with Crippen LogP contribution in [0.3, 0.4) is 0 Å². The number of tetrazole rings is 1. The highest BCUT2D eigenvalue weighted by Gasteiger charge is 2.14. The first kappa shape index (κ1) is 20.4. The minimum atomic E-state index is -0.0122. The number of aromatic nitrogens is 4. The minimum absolute atomic E-state index is 0.0122. The summed E-state index contributed by atoms with van der Waals surface area (Å²) < 4.78 is 1.70. The maximum atomic E-state index is 12.0. The quantitative estimate of drug-likeness (QED) is 0.543. The van der Waals surface area contributed by atoms with Gasteiger partial charge in [-0.05, 0) is 69.1 Å². The molecule has 0 fully saturated rings. The number of hydrogen-bond donors (Lipinski definition) is 2. The van der Waals surface area contributed by atoms with Gasteiger partial charge in [-0.15, -0.1) is 5.10 Å². The summed E-state index contributed by atoms with van der Waals surface area (Å²) in [6.45, 7) is 12.0. The van der Waals surface area contributed by atoms with E-state index in [9.17, 15) is 4.79 Å². The fraction of sp³-hybridized carbons (Fsp3) is 0.556. The number of para-hydroxylation sites is 1. The summed E-state index contributed by atoms with van der Waals surface area (Å²) in [5.41, 5.74) is 3.25. The van der Waals surface area contributed by atoms with E-state index in [1.807, 2.05) is 32.0 Å². The molecule has 7 nitrogen and oxygen atoms in total. The van der Waals surface area contributed by atoms with Gasteiger partial charge in [-0.3, -0.25) is 4.79 Å².